The number of benzene rings is 1. The molecule has 0 fully saturated rings. The Hall–Kier alpha value is -1.49. The van der Waals surface area contributed by atoms with Crippen LogP contribution in [0.25, 0.3) is 0 Å². The number of nitrogens with zero attached hydrogens (tertiary/aromatic N) is 2. The smallest absolute Gasteiger partial charge is 0.0700 e. The van der Waals surface area contributed by atoms with Crippen LogP contribution in [0.15, 0.2) is 24.3 Å². The average molecular weight is 202 g/mol. The molecule has 0 N–H and O–H groups in total. The first-order valence-electron chi connectivity index (χ1n) is 5.47. The second kappa shape index (κ2) is 5.41. The Labute approximate surface area is 92.1 Å². The van der Waals surface area contributed by atoms with Crippen molar-refractivity contribution in [2.45, 2.75) is 26.7 Å². The molecule has 1 rings (SSSR count). The van der Waals surface area contributed by atoms with E-state index < -0.39 is 0 Å². The molecule has 0 bridgehead atoms. The quantitative estimate of drug-likeness (QED) is 0.750. The molecule has 0 aromatic heterocycles. The van der Waals surface area contributed by atoms with Crippen molar-refractivity contribution in [1.82, 2.24) is 0 Å². The van der Waals surface area contributed by atoms with E-state index in [-0.39, 0.29) is 5.92 Å². The van der Waals surface area contributed by atoms with Crippen LogP contribution < -0.4 is 4.90 Å². The third-order valence-electron chi connectivity index (χ3n) is 2.69. The summed E-state index contributed by atoms with van der Waals surface area (Å²) < 4.78 is 0. The van der Waals surface area contributed by atoms with Gasteiger partial charge in [0, 0.05) is 18.8 Å². The van der Waals surface area contributed by atoms with Crippen LogP contribution in [0.5, 0.6) is 0 Å². The zero-order valence-electron chi connectivity index (χ0n) is 9.70. The summed E-state index contributed by atoms with van der Waals surface area (Å²) in [5.74, 6) is -0.0273. The number of anilines is 1. The van der Waals surface area contributed by atoms with Crippen LogP contribution >= 0.6 is 0 Å². The molecule has 2 nitrogen and oxygen atoms in total. The molecule has 1 aromatic rings. The van der Waals surface area contributed by atoms with Crippen LogP contribution in [0.3, 0.4) is 0 Å². The van der Waals surface area contributed by atoms with E-state index in [0.29, 0.717) is 0 Å². The lowest BCUT2D eigenvalue weighted by Gasteiger charge is -2.21. The molecular formula is C13H18N2. The highest BCUT2D eigenvalue weighted by Gasteiger charge is 2.06. The van der Waals surface area contributed by atoms with Crippen molar-refractivity contribution in [3.05, 3.63) is 29.8 Å². The van der Waals surface area contributed by atoms with Gasteiger partial charge >= 0.3 is 0 Å². The number of rotatable bonds is 4. The highest BCUT2D eigenvalue weighted by molar-refractivity contribution is 5.49. The van der Waals surface area contributed by atoms with Crippen LogP contribution in [0.4, 0.5) is 5.69 Å². The lowest BCUT2D eigenvalue weighted by atomic mass is 10.0. The molecule has 0 heterocycles. The van der Waals surface area contributed by atoms with E-state index in [0.717, 1.165) is 18.7 Å². The van der Waals surface area contributed by atoms with Crippen molar-refractivity contribution in [3.63, 3.8) is 0 Å². The third kappa shape index (κ3) is 2.73. The molecule has 15 heavy (non-hydrogen) atoms. The van der Waals surface area contributed by atoms with E-state index in [1.54, 1.807) is 0 Å². The number of hydrogen-bond donors (Lipinski definition) is 0. The van der Waals surface area contributed by atoms with Gasteiger partial charge in [-0.25, -0.2) is 0 Å². The second-order valence-corrected chi connectivity index (χ2v) is 3.62. The highest BCUT2D eigenvalue weighted by Crippen LogP contribution is 2.21. The van der Waals surface area contributed by atoms with Gasteiger partial charge in [-0.2, -0.15) is 5.26 Å². The summed E-state index contributed by atoms with van der Waals surface area (Å²) in [6.45, 7) is 8.22. The van der Waals surface area contributed by atoms with Gasteiger partial charge in [0.05, 0.1) is 12.0 Å². The summed E-state index contributed by atoms with van der Waals surface area (Å²) in [6, 6.07) is 10.5. The first kappa shape index (κ1) is 11.6. The van der Waals surface area contributed by atoms with Crippen LogP contribution in [0.1, 0.15) is 32.3 Å². The minimum atomic E-state index is -0.0273. The van der Waals surface area contributed by atoms with Gasteiger partial charge in [-0.1, -0.05) is 12.1 Å². The summed E-state index contributed by atoms with van der Waals surface area (Å²) in [5, 5.41) is 8.87. The SMILES string of the molecule is CCN(CC)c1cccc(C(C)C#N)c1. The van der Waals surface area contributed by atoms with Crippen molar-refractivity contribution in [2.24, 2.45) is 0 Å². The predicted molar refractivity (Wildman–Crippen MR) is 64.0 cm³/mol. The molecule has 0 aliphatic heterocycles. The van der Waals surface area contributed by atoms with E-state index >= 15 is 0 Å². The average Bonchev–Trinajstić information content (AvgIpc) is 2.30. The lowest BCUT2D eigenvalue weighted by molar-refractivity contribution is 0.862. The van der Waals surface area contributed by atoms with Gasteiger partial charge in [0.1, 0.15) is 0 Å². The van der Waals surface area contributed by atoms with Crippen LogP contribution in [0, 0.1) is 11.3 Å². The second-order valence-electron chi connectivity index (χ2n) is 3.62. The molecule has 2 heteroatoms. The van der Waals surface area contributed by atoms with Gasteiger partial charge in [0.2, 0.25) is 0 Å². The fraction of sp³-hybridized carbons (Fsp3) is 0.462. The molecule has 0 spiro atoms. The fourth-order valence-electron chi connectivity index (χ4n) is 1.65. The fourth-order valence-corrected chi connectivity index (χ4v) is 1.65. The predicted octanol–water partition coefficient (Wildman–Crippen LogP) is 3.16. The summed E-state index contributed by atoms with van der Waals surface area (Å²) in [5.41, 5.74) is 2.31. The van der Waals surface area contributed by atoms with E-state index in [1.165, 1.54) is 5.69 Å². The van der Waals surface area contributed by atoms with Gasteiger partial charge in [-0.05, 0) is 38.5 Å². The summed E-state index contributed by atoms with van der Waals surface area (Å²) in [6.07, 6.45) is 0. The number of hydrogen-bond acceptors (Lipinski definition) is 2. The van der Waals surface area contributed by atoms with E-state index in [9.17, 15) is 0 Å². The molecule has 0 amide bonds. The zero-order valence-corrected chi connectivity index (χ0v) is 9.70. The maximum absolute atomic E-state index is 8.87. The Bertz CT molecular complexity index is 348. The lowest BCUT2D eigenvalue weighted by Crippen LogP contribution is -2.21. The van der Waals surface area contributed by atoms with Crippen LogP contribution in [0.2, 0.25) is 0 Å². The molecule has 0 aliphatic carbocycles. The molecule has 0 radical (unpaired) electrons. The normalized spacial score (nSPS) is 11.9. The van der Waals surface area contributed by atoms with Crippen LogP contribution in [-0.2, 0) is 0 Å². The molecule has 80 valence electrons. The minimum absolute atomic E-state index is 0.0273. The molecule has 0 saturated heterocycles. The molecular weight excluding hydrogens is 184 g/mol. The maximum atomic E-state index is 8.87. The first-order valence-corrected chi connectivity index (χ1v) is 5.47. The Morgan fingerprint density at radius 3 is 2.53 bits per heavy atom. The van der Waals surface area contributed by atoms with Crippen molar-refractivity contribution < 1.29 is 0 Å². The van der Waals surface area contributed by atoms with E-state index in [1.807, 2.05) is 19.1 Å². The summed E-state index contributed by atoms with van der Waals surface area (Å²) >= 11 is 0. The Morgan fingerprint density at radius 2 is 2.00 bits per heavy atom. The first-order chi connectivity index (χ1) is 7.22. The van der Waals surface area contributed by atoms with Gasteiger partial charge in [-0.3, -0.25) is 0 Å². The topological polar surface area (TPSA) is 27.0 Å². The largest absolute Gasteiger partial charge is 0.372 e. The Balaban J connectivity index is 2.97. The Morgan fingerprint density at radius 1 is 1.33 bits per heavy atom. The number of nitriles is 1. The molecule has 1 aromatic carbocycles. The van der Waals surface area contributed by atoms with Crippen molar-refractivity contribution >= 4 is 5.69 Å². The maximum Gasteiger partial charge on any atom is 0.0700 e. The third-order valence-corrected chi connectivity index (χ3v) is 2.69. The van der Waals surface area contributed by atoms with Gasteiger partial charge in [-0.15, -0.1) is 0 Å². The van der Waals surface area contributed by atoms with Gasteiger partial charge in [0.25, 0.3) is 0 Å². The van der Waals surface area contributed by atoms with Crippen molar-refractivity contribution in [1.29, 1.82) is 5.26 Å². The monoisotopic (exact) mass is 202 g/mol. The summed E-state index contributed by atoms with van der Waals surface area (Å²) in [7, 11) is 0. The highest BCUT2D eigenvalue weighted by atomic mass is 15.1. The standard InChI is InChI=1S/C13H18N2/c1-4-15(5-2)13-8-6-7-12(9-13)11(3)10-14/h6-9,11H,4-5H2,1-3H3. The van der Waals surface area contributed by atoms with E-state index in [4.69, 9.17) is 5.26 Å². The van der Waals surface area contributed by atoms with Gasteiger partial charge in [0.15, 0.2) is 0 Å². The van der Waals surface area contributed by atoms with Crippen molar-refractivity contribution in [3.8, 4) is 6.07 Å². The van der Waals surface area contributed by atoms with Gasteiger partial charge < -0.3 is 4.90 Å². The van der Waals surface area contributed by atoms with E-state index in [2.05, 4.69) is 36.9 Å². The molecule has 0 aliphatic rings. The minimum Gasteiger partial charge on any atom is -0.372 e. The van der Waals surface area contributed by atoms with Crippen LogP contribution in [-0.4, -0.2) is 13.1 Å². The zero-order chi connectivity index (χ0) is 11.3. The van der Waals surface area contributed by atoms with Crippen molar-refractivity contribution in [2.75, 3.05) is 18.0 Å². The molecule has 1 atom stereocenters. The summed E-state index contributed by atoms with van der Waals surface area (Å²) in [4.78, 5) is 2.29. The molecule has 1 unspecified atom stereocenters. The Kier molecular flexibility index (Phi) is 4.17. The molecule has 0 saturated carbocycles.